The summed E-state index contributed by atoms with van der Waals surface area (Å²) in [6.45, 7) is 1.64. The van der Waals surface area contributed by atoms with Gasteiger partial charge in [-0.3, -0.25) is 19.7 Å². The first-order valence-electron chi connectivity index (χ1n) is 8.88. The Morgan fingerprint density at radius 1 is 1.25 bits per heavy atom. The zero-order valence-electron chi connectivity index (χ0n) is 15.0. The van der Waals surface area contributed by atoms with Gasteiger partial charge in [-0.05, 0) is 50.1 Å². The molecule has 1 atom stereocenters. The maximum Gasteiger partial charge on any atom is 0.293 e. The number of carbonyl (C=O) groups excluding carboxylic acids is 2. The van der Waals surface area contributed by atoms with E-state index in [0.717, 1.165) is 12.8 Å². The van der Waals surface area contributed by atoms with Crippen molar-refractivity contribution in [1.82, 2.24) is 0 Å². The zero-order valence-corrected chi connectivity index (χ0v) is 15.0. The lowest BCUT2D eigenvalue weighted by Crippen LogP contribution is -2.34. The van der Waals surface area contributed by atoms with E-state index in [4.69, 9.17) is 4.74 Å². The van der Waals surface area contributed by atoms with Crippen molar-refractivity contribution in [1.29, 1.82) is 0 Å². The number of benzene rings is 2. The van der Waals surface area contributed by atoms with E-state index in [2.05, 4.69) is 16.0 Å². The van der Waals surface area contributed by atoms with Crippen LogP contribution < -0.4 is 20.7 Å². The molecule has 1 aliphatic carbocycles. The lowest BCUT2D eigenvalue weighted by molar-refractivity contribution is -0.384. The summed E-state index contributed by atoms with van der Waals surface area (Å²) >= 11 is 0. The van der Waals surface area contributed by atoms with Crippen LogP contribution in [0.5, 0.6) is 5.75 Å². The number of nitro groups is 1. The van der Waals surface area contributed by atoms with Crippen molar-refractivity contribution in [3.63, 3.8) is 0 Å². The summed E-state index contributed by atoms with van der Waals surface area (Å²) in [7, 11) is 0. The van der Waals surface area contributed by atoms with Crippen LogP contribution in [0.25, 0.3) is 0 Å². The quantitative estimate of drug-likeness (QED) is 0.539. The summed E-state index contributed by atoms with van der Waals surface area (Å²) in [6, 6.07) is 9.46. The summed E-state index contributed by atoms with van der Waals surface area (Å²) < 4.78 is 5.47. The molecule has 1 saturated carbocycles. The van der Waals surface area contributed by atoms with Gasteiger partial charge < -0.3 is 20.7 Å². The van der Waals surface area contributed by atoms with Gasteiger partial charge in [0, 0.05) is 23.4 Å². The second-order valence-electron chi connectivity index (χ2n) is 6.82. The Bertz CT molecular complexity index is 986. The van der Waals surface area contributed by atoms with E-state index in [-0.39, 0.29) is 23.2 Å². The number of nitrogens with one attached hydrogen (secondary N) is 3. The normalized spacial score (nSPS) is 17.8. The minimum Gasteiger partial charge on any atom is -0.479 e. The van der Waals surface area contributed by atoms with Crippen LogP contribution in [0.1, 0.15) is 30.1 Å². The summed E-state index contributed by atoms with van der Waals surface area (Å²) in [5, 5.41) is 19.8. The molecule has 0 unspecified atom stereocenters. The van der Waals surface area contributed by atoms with Crippen LogP contribution in [0.3, 0.4) is 0 Å². The molecule has 0 bridgehead atoms. The van der Waals surface area contributed by atoms with Crippen molar-refractivity contribution in [3.8, 4) is 5.75 Å². The number of amides is 2. The Hall–Kier alpha value is -3.62. The number of nitrogens with zero attached hydrogens (tertiary/aromatic N) is 1. The van der Waals surface area contributed by atoms with Crippen LogP contribution >= 0.6 is 0 Å². The Kier molecular flexibility index (Phi) is 4.34. The average Bonchev–Trinajstić information content (AvgIpc) is 3.47. The maximum atomic E-state index is 12.5. The monoisotopic (exact) mass is 382 g/mol. The van der Waals surface area contributed by atoms with Crippen molar-refractivity contribution >= 4 is 34.6 Å². The third-order valence-electron chi connectivity index (χ3n) is 4.56. The number of rotatable bonds is 5. The number of hydrogen-bond acceptors (Lipinski definition) is 6. The molecular formula is C19H18N4O5. The SMILES string of the molecule is C[C@@H]1Oc2ccc(NC(=O)c3ccc(NC4CC4)c([N+](=O)[O-])c3)cc2NC1=O. The molecule has 0 saturated heterocycles. The third kappa shape index (κ3) is 3.59. The Labute approximate surface area is 160 Å². The van der Waals surface area contributed by atoms with E-state index in [9.17, 15) is 19.7 Å². The molecule has 3 N–H and O–H groups in total. The van der Waals surface area contributed by atoms with E-state index < -0.39 is 16.9 Å². The molecule has 1 fully saturated rings. The van der Waals surface area contributed by atoms with Crippen molar-refractivity contribution in [3.05, 3.63) is 52.1 Å². The first-order valence-corrected chi connectivity index (χ1v) is 8.88. The molecular weight excluding hydrogens is 364 g/mol. The lowest BCUT2D eigenvalue weighted by atomic mass is 10.1. The van der Waals surface area contributed by atoms with E-state index in [1.54, 1.807) is 31.2 Å². The molecule has 9 heteroatoms. The summed E-state index contributed by atoms with van der Waals surface area (Å²) in [5.74, 6) is -0.251. The van der Waals surface area contributed by atoms with Gasteiger partial charge in [-0.1, -0.05) is 0 Å². The standard InChI is InChI=1S/C19H18N4O5/c1-10-18(24)22-15-9-13(5-7-17(15)28-10)21-19(25)11-2-6-14(20-12-3-4-12)16(8-11)23(26)27/h2,5-10,12,20H,3-4H2,1H3,(H,21,25)(H,22,24)/t10-/m0/s1. The van der Waals surface area contributed by atoms with Crippen LogP contribution in [-0.4, -0.2) is 28.9 Å². The van der Waals surface area contributed by atoms with Gasteiger partial charge in [0.2, 0.25) is 0 Å². The van der Waals surface area contributed by atoms with Gasteiger partial charge in [-0.15, -0.1) is 0 Å². The molecule has 2 aromatic carbocycles. The van der Waals surface area contributed by atoms with E-state index in [1.165, 1.54) is 12.1 Å². The second-order valence-corrected chi connectivity index (χ2v) is 6.82. The van der Waals surface area contributed by atoms with Crippen molar-refractivity contribution in [2.75, 3.05) is 16.0 Å². The van der Waals surface area contributed by atoms with Crippen molar-refractivity contribution < 1.29 is 19.2 Å². The van der Waals surface area contributed by atoms with Gasteiger partial charge in [0.1, 0.15) is 11.4 Å². The molecule has 144 valence electrons. The van der Waals surface area contributed by atoms with Crippen LogP contribution in [0, 0.1) is 10.1 Å². The smallest absolute Gasteiger partial charge is 0.293 e. The van der Waals surface area contributed by atoms with Gasteiger partial charge in [-0.25, -0.2) is 0 Å². The first-order chi connectivity index (χ1) is 13.4. The largest absolute Gasteiger partial charge is 0.479 e. The Morgan fingerprint density at radius 2 is 2.04 bits per heavy atom. The number of nitro benzene ring substituents is 1. The molecule has 9 nitrogen and oxygen atoms in total. The van der Waals surface area contributed by atoms with Gasteiger partial charge in [0.25, 0.3) is 17.5 Å². The molecule has 2 aromatic rings. The van der Waals surface area contributed by atoms with Crippen LogP contribution in [0.15, 0.2) is 36.4 Å². The van der Waals surface area contributed by atoms with Gasteiger partial charge in [0.05, 0.1) is 10.6 Å². The molecule has 2 aliphatic rings. The van der Waals surface area contributed by atoms with E-state index in [0.29, 0.717) is 22.8 Å². The maximum absolute atomic E-state index is 12.5. The van der Waals surface area contributed by atoms with Crippen LogP contribution in [0.4, 0.5) is 22.7 Å². The lowest BCUT2D eigenvalue weighted by Gasteiger charge is -2.23. The van der Waals surface area contributed by atoms with E-state index in [1.807, 2.05) is 0 Å². The minimum atomic E-state index is -0.587. The molecule has 2 amide bonds. The zero-order chi connectivity index (χ0) is 19.8. The summed E-state index contributed by atoms with van der Waals surface area (Å²) in [6.07, 6.45) is 1.38. The highest BCUT2D eigenvalue weighted by atomic mass is 16.6. The highest BCUT2D eigenvalue weighted by molar-refractivity contribution is 6.06. The van der Waals surface area contributed by atoms with E-state index >= 15 is 0 Å². The second kappa shape index (κ2) is 6.84. The number of anilines is 3. The molecule has 4 rings (SSSR count). The fourth-order valence-corrected chi connectivity index (χ4v) is 2.88. The number of carbonyl (C=O) groups is 2. The highest BCUT2D eigenvalue weighted by Gasteiger charge is 2.26. The van der Waals surface area contributed by atoms with Gasteiger partial charge in [-0.2, -0.15) is 0 Å². The molecule has 0 spiro atoms. The first kappa shape index (κ1) is 17.8. The minimum absolute atomic E-state index is 0.139. The van der Waals surface area contributed by atoms with Crippen LogP contribution in [-0.2, 0) is 4.79 Å². The molecule has 1 heterocycles. The number of ether oxygens (including phenoxy) is 1. The predicted molar refractivity (Wildman–Crippen MR) is 103 cm³/mol. The molecule has 0 aromatic heterocycles. The Morgan fingerprint density at radius 3 is 2.75 bits per heavy atom. The number of hydrogen-bond donors (Lipinski definition) is 3. The van der Waals surface area contributed by atoms with Gasteiger partial charge in [0.15, 0.2) is 6.10 Å². The topological polar surface area (TPSA) is 123 Å². The third-order valence-corrected chi connectivity index (χ3v) is 4.56. The predicted octanol–water partition coefficient (Wildman–Crippen LogP) is 3.14. The average molecular weight is 382 g/mol. The van der Waals surface area contributed by atoms with Crippen LogP contribution in [0.2, 0.25) is 0 Å². The summed E-state index contributed by atoms with van der Waals surface area (Å²) in [5.41, 5.74) is 1.33. The fourth-order valence-electron chi connectivity index (χ4n) is 2.88. The van der Waals surface area contributed by atoms with Crippen molar-refractivity contribution in [2.45, 2.75) is 31.9 Å². The van der Waals surface area contributed by atoms with Crippen molar-refractivity contribution in [2.24, 2.45) is 0 Å². The highest BCUT2D eigenvalue weighted by Crippen LogP contribution is 2.33. The van der Waals surface area contributed by atoms with Gasteiger partial charge >= 0.3 is 0 Å². The number of fused-ring (bicyclic) bond motifs is 1. The summed E-state index contributed by atoms with van der Waals surface area (Å²) in [4.78, 5) is 35.1. The molecule has 0 radical (unpaired) electrons. The Balaban J connectivity index is 1.53. The molecule has 1 aliphatic heterocycles. The molecule has 28 heavy (non-hydrogen) atoms. The fraction of sp³-hybridized carbons (Fsp3) is 0.263.